The Balaban J connectivity index is 2.05. The van der Waals surface area contributed by atoms with Crippen molar-refractivity contribution in [1.82, 2.24) is 9.13 Å². The topological polar surface area (TPSA) is 84.5 Å². The van der Waals surface area contributed by atoms with Crippen molar-refractivity contribution < 1.29 is 15.0 Å². The molecule has 7 heteroatoms. The first-order chi connectivity index (χ1) is 12.5. The summed E-state index contributed by atoms with van der Waals surface area (Å²) >= 11 is 4.38. The maximum Gasteiger partial charge on any atom is 0.331 e. The van der Waals surface area contributed by atoms with Gasteiger partial charge in [-0.1, -0.05) is 43.2 Å². The number of carbonyl (C=O) groups is 1. The Labute approximate surface area is 157 Å². The third kappa shape index (κ3) is 3.67. The molecule has 3 rings (SSSR count). The zero-order valence-electron chi connectivity index (χ0n) is 14.5. The quantitative estimate of drug-likeness (QED) is 0.649. The molecule has 26 heavy (non-hydrogen) atoms. The minimum absolute atomic E-state index is 0.0405. The second-order valence-corrected chi connectivity index (χ2v) is 7.19. The fourth-order valence-corrected chi connectivity index (χ4v) is 4.16. The first-order valence-corrected chi connectivity index (χ1v) is 9.57. The van der Waals surface area contributed by atoms with Crippen LogP contribution in [0.1, 0.15) is 49.0 Å². The second kappa shape index (κ2) is 8.03. The predicted molar refractivity (Wildman–Crippen MR) is 102 cm³/mol. The first-order valence-electron chi connectivity index (χ1n) is 8.94. The van der Waals surface area contributed by atoms with Crippen LogP contribution in [0.4, 0.5) is 0 Å². The number of carboxylic acid groups (broad SMARTS) is 1. The molecule has 1 aliphatic carbocycles. The zero-order chi connectivity index (χ0) is 18.7. The van der Waals surface area contributed by atoms with E-state index in [0.717, 1.165) is 31.2 Å². The normalized spacial score (nSPS) is 16.0. The summed E-state index contributed by atoms with van der Waals surface area (Å²) in [5.74, 6) is -0.933. The van der Waals surface area contributed by atoms with Gasteiger partial charge in [0.1, 0.15) is 0 Å². The Kier molecular flexibility index (Phi) is 5.76. The third-order valence-corrected chi connectivity index (χ3v) is 5.51. The molecular weight excluding hydrogens is 352 g/mol. The van der Waals surface area contributed by atoms with Crippen molar-refractivity contribution in [2.75, 3.05) is 5.75 Å². The SMILES string of the molecule is O=C(O)Cc1c(O)n(C(CS)Cc2ccccc2)c(=O)n1C1CCCC1. The molecule has 2 N–H and O–H groups in total. The predicted octanol–water partition coefficient (Wildman–Crippen LogP) is 2.81. The van der Waals surface area contributed by atoms with Gasteiger partial charge in [-0.15, -0.1) is 0 Å². The molecule has 140 valence electrons. The maximum atomic E-state index is 13.1. The summed E-state index contributed by atoms with van der Waals surface area (Å²) in [6, 6.07) is 9.31. The number of carboxylic acids is 1. The minimum atomic E-state index is -1.06. The van der Waals surface area contributed by atoms with Crippen LogP contribution in [0.5, 0.6) is 5.88 Å². The highest BCUT2D eigenvalue weighted by Gasteiger charge is 2.30. The Hall–Kier alpha value is -2.15. The van der Waals surface area contributed by atoms with Crippen LogP contribution in [0.2, 0.25) is 0 Å². The molecule has 1 unspecified atom stereocenters. The molecule has 1 heterocycles. The average Bonchev–Trinajstić information content (AvgIpc) is 3.21. The maximum absolute atomic E-state index is 13.1. The smallest absolute Gasteiger partial charge is 0.331 e. The molecule has 1 aliphatic rings. The Morgan fingerprint density at radius 2 is 1.88 bits per heavy atom. The van der Waals surface area contributed by atoms with Gasteiger partial charge in [-0.05, 0) is 24.8 Å². The van der Waals surface area contributed by atoms with Crippen LogP contribution in [-0.2, 0) is 17.6 Å². The number of rotatable bonds is 7. The molecule has 6 nitrogen and oxygen atoms in total. The summed E-state index contributed by atoms with van der Waals surface area (Å²) in [6.07, 6.45) is 3.86. The van der Waals surface area contributed by atoms with E-state index in [1.807, 2.05) is 30.3 Å². The van der Waals surface area contributed by atoms with E-state index >= 15 is 0 Å². The van der Waals surface area contributed by atoms with Gasteiger partial charge >= 0.3 is 11.7 Å². The zero-order valence-corrected chi connectivity index (χ0v) is 15.4. The summed E-state index contributed by atoms with van der Waals surface area (Å²) in [5, 5.41) is 20.0. The van der Waals surface area contributed by atoms with Crippen molar-refractivity contribution >= 4 is 18.6 Å². The molecule has 0 amide bonds. The molecule has 1 saturated carbocycles. The van der Waals surface area contributed by atoms with Gasteiger partial charge in [0.2, 0.25) is 5.88 Å². The largest absolute Gasteiger partial charge is 0.493 e. The van der Waals surface area contributed by atoms with Gasteiger partial charge in [0.05, 0.1) is 18.2 Å². The van der Waals surface area contributed by atoms with Gasteiger partial charge in [-0.25, -0.2) is 4.79 Å². The van der Waals surface area contributed by atoms with Crippen molar-refractivity contribution in [3.63, 3.8) is 0 Å². The number of aromatic nitrogens is 2. The van der Waals surface area contributed by atoms with Gasteiger partial charge in [-0.2, -0.15) is 12.6 Å². The fourth-order valence-electron chi connectivity index (χ4n) is 3.87. The van der Waals surface area contributed by atoms with E-state index in [9.17, 15) is 19.8 Å². The van der Waals surface area contributed by atoms with Crippen LogP contribution in [0.15, 0.2) is 35.1 Å². The number of aliphatic carboxylic acids is 1. The molecular formula is C19H24N2O4S. The fraction of sp³-hybridized carbons (Fsp3) is 0.474. The van der Waals surface area contributed by atoms with Crippen LogP contribution in [0, 0.1) is 0 Å². The summed E-state index contributed by atoms with van der Waals surface area (Å²) in [7, 11) is 0. The number of hydrogen-bond acceptors (Lipinski definition) is 4. The molecule has 0 bridgehead atoms. The molecule has 1 aromatic carbocycles. The summed E-state index contributed by atoms with van der Waals surface area (Å²) in [5.41, 5.74) is 0.904. The molecule has 1 atom stereocenters. The monoisotopic (exact) mass is 376 g/mol. The van der Waals surface area contributed by atoms with Gasteiger partial charge in [0.25, 0.3) is 0 Å². The highest BCUT2D eigenvalue weighted by Crippen LogP contribution is 2.33. The standard InChI is InChI=1S/C19H24N2O4S/c22-17(23)11-16-18(24)21(19(25)20(16)14-8-4-5-9-14)15(12-26)10-13-6-2-1-3-7-13/h1-3,6-7,14-15,24,26H,4-5,8-12H2,(H,22,23). The van der Waals surface area contributed by atoms with E-state index in [4.69, 9.17) is 0 Å². The first kappa shape index (κ1) is 18.6. The lowest BCUT2D eigenvalue weighted by Crippen LogP contribution is -2.31. The number of benzene rings is 1. The van der Waals surface area contributed by atoms with E-state index in [1.165, 1.54) is 9.13 Å². The van der Waals surface area contributed by atoms with Crippen molar-refractivity contribution in [3.05, 3.63) is 52.1 Å². The van der Waals surface area contributed by atoms with E-state index in [1.54, 1.807) is 0 Å². The number of nitrogens with zero attached hydrogens (tertiary/aromatic N) is 2. The summed E-state index contributed by atoms with van der Waals surface area (Å²) in [6.45, 7) is 0. The van der Waals surface area contributed by atoms with Crippen molar-refractivity contribution in [1.29, 1.82) is 0 Å². The van der Waals surface area contributed by atoms with E-state index in [2.05, 4.69) is 12.6 Å². The van der Waals surface area contributed by atoms with Crippen LogP contribution in [-0.4, -0.2) is 31.1 Å². The van der Waals surface area contributed by atoms with E-state index in [-0.39, 0.29) is 35.8 Å². The number of imidazole rings is 1. The molecule has 1 aromatic heterocycles. The molecule has 0 saturated heterocycles. The minimum Gasteiger partial charge on any atom is -0.493 e. The lowest BCUT2D eigenvalue weighted by molar-refractivity contribution is -0.136. The van der Waals surface area contributed by atoms with Crippen molar-refractivity contribution in [2.45, 2.75) is 50.6 Å². The lowest BCUT2D eigenvalue weighted by atomic mass is 10.1. The summed E-state index contributed by atoms with van der Waals surface area (Å²) < 4.78 is 2.84. The Bertz CT molecular complexity index is 822. The van der Waals surface area contributed by atoms with E-state index in [0.29, 0.717) is 12.2 Å². The highest BCUT2D eigenvalue weighted by atomic mass is 32.1. The van der Waals surface area contributed by atoms with Gasteiger partial charge in [-0.3, -0.25) is 13.9 Å². The Morgan fingerprint density at radius 1 is 1.23 bits per heavy atom. The van der Waals surface area contributed by atoms with Gasteiger partial charge in [0, 0.05) is 11.8 Å². The molecule has 1 fully saturated rings. The summed E-state index contributed by atoms with van der Waals surface area (Å²) in [4.78, 5) is 24.4. The number of aromatic hydroxyl groups is 1. The second-order valence-electron chi connectivity index (χ2n) is 6.83. The van der Waals surface area contributed by atoms with Crippen LogP contribution in [0.25, 0.3) is 0 Å². The highest BCUT2D eigenvalue weighted by molar-refractivity contribution is 7.80. The van der Waals surface area contributed by atoms with Crippen LogP contribution < -0.4 is 5.69 Å². The van der Waals surface area contributed by atoms with Crippen molar-refractivity contribution in [3.8, 4) is 5.88 Å². The van der Waals surface area contributed by atoms with Crippen molar-refractivity contribution in [2.24, 2.45) is 0 Å². The van der Waals surface area contributed by atoms with Gasteiger partial charge in [0.15, 0.2) is 0 Å². The molecule has 2 aromatic rings. The van der Waals surface area contributed by atoms with Gasteiger partial charge < -0.3 is 10.2 Å². The number of thiol groups is 1. The number of hydrogen-bond donors (Lipinski definition) is 3. The molecule has 0 radical (unpaired) electrons. The average molecular weight is 376 g/mol. The van der Waals surface area contributed by atoms with Crippen LogP contribution >= 0.6 is 12.6 Å². The van der Waals surface area contributed by atoms with Crippen LogP contribution in [0.3, 0.4) is 0 Å². The van der Waals surface area contributed by atoms with E-state index < -0.39 is 5.97 Å². The lowest BCUT2D eigenvalue weighted by Gasteiger charge is -2.16. The molecule has 0 spiro atoms. The Morgan fingerprint density at radius 3 is 2.46 bits per heavy atom. The molecule has 0 aliphatic heterocycles. The third-order valence-electron chi connectivity index (χ3n) is 5.09.